The fourth-order valence-electron chi connectivity index (χ4n) is 2.04. The fourth-order valence-corrected chi connectivity index (χ4v) is 2.04. The topological polar surface area (TPSA) is 74.8 Å². The van der Waals surface area contributed by atoms with Crippen molar-refractivity contribution in [3.63, 3.8) is 0 Å². The molecule has 0 saturated carbocycles. The molecule has 0 aromatic rings. The molecule has 0 atom stereocenters. The van der Waals surface area contributed by atoms with Crippen LogP contribution in [0.4, 0.5) is 0 Å². The van der Waals surface area contributed by atoms with E-state index in [1.54, 1.807) is 13.8 Å². The molecule has 0 unspecified atom stereocenters. The van der Waals surface area contributed by atoms with Crippen LogP contribution in [0.15, 0.2) is 24.3 Å². The minimum atomic E-state index is -0.936. The Morgan fingerprint density at radius 3 is 1.67 bits per heavy atom. The van der Waals surface area contributed by atoms with Gasteiger partial charge in [0.05, 0.1) is 12.1 Å². The van der Waals surface area contributed by atoms with Crippen molar-refractivity contribution in [3.8, 4) is 0 Å². The van der Waals surface area contributed by atoms with Gasteiger partial charge in [-0.3, -0.25) is 29.0 Å². The molecule has 0 bridgehead atoms. The van der Waals surface area contributed by atoms with Gasteiger partial charge >= 0.3 is 0 Å². The molecule has 0 N–H and O–H groups in total. The quantitative estimate of drug-likeness (QED) is 0.638. The number of carbonyl (C=O) groups excluding carboxylic acids is 4. The summed E-state index contributed by atoms with van der Waals surface area (Å²) >= 11 is 0. The van der Waals surface area contributed by atoms with Crippen molar-refractivity contribution in [1.29, 1.82) is 0 Å². The van der Waals surface area contributed by atoms with Crippen LogP contribution in [0.1, 0.15) is 13.8 Å². The molecule has 6 heteroatoms. The smallest absolute Gasteiger partial charge is 0.254 e. The number of amides is 4. The molecule has 2 aliphatic rings. The summed E-state index contributed by atoms with van der Waals surface area (Å²) < 4.78 is 0. The highest BCUT2D eigenvalue weighted by Gasteiger charge is 2.40. The summed E-state index contributed by atoms with van der Waals surface area (Å²) in [4.78, 5) is 48.1. The Labute approximate surface area is 104 Å². The summed E-state index contributed by atoms with van der Waals surface area (Å²) in [5.74, 6) is -1.73. The fraction of sp³-hybridized carbons (Fsp3) is 0.333. The largest absolute Gasteiger partial charge is 0.273 e. The standard InChI is InChI=1S/C12H12N2O4/c1-12(2,14-10(17)5-6-11(14)18)7-13-8(15)3-4-9(13)16/h3-6H,7H2,1-2H3. The average molecular weight is 248 g/mol. The maximum absolute atomic E-state index is 11.6. The van der Waals surface area contributed by atoms with Crippen LogP contribution in [0, 0.1) is 0 Å². The van der Waals surface area contributed by atoms with Gasteiger partial charge in [-0.05, 0) is 13.8 Å². The molecule has 2 aliphatic heterocycles. The van der Waals surface area contributed by atoms with Crippen LogP contribution in [-0.2, 0) is 19.2 Å². The summed E-state index contributed by atoms with van der Waals surface area (Å²) in [6.07, 6.45) is 4.69. The minimum Gasteiger partial charge on any atom is -0.273 e. The van der Waals surface area contributed by atoms with Gasteiger partial charge in [-0.2, -0.15) is 0 Å². The van der Waals surface area contributed by atoms with E-state index in [1.807, 2.05) is 0 Å². The maximum atomic E-state index is 11.6. The van der Waals surface area contributed by atoms with Crippen LogP contribution in [0.3, 0.4) is 0 Å². The van der Waals surface area contributed by atoms with Gasteiger partial charge in [-0.15, -0.1) is 0 Å². The lowest BCUT2D eigenvalue weighted by molar-refractivity contribution is -0.148. The van der Waals surface area contributed by atoms with Crippen molar-refractivity contribution < 1.29 is 19.2 Å². The van der Waals surface area contributed by atoms with E-state index >= 15 is 0 Å². The van der Waals surface area contributed by atoms with E-state index in [2.05, 4.69) is 0 Å². The molecular weight excluding hydrogens is 236 g/mol. The van der Waals surface area contributed by atoms with E-state index in [-0.39, 0.29) is 6.54 Å². The number of hydrogen-bond acceptors (Lipinski definition) is 4. The van der Waals surface area contributed by atoms with E-state index in [0.717, 1.165) is 9.80 Å². The van der Waals surface area contributed by atoms with Crippen molar-refractivity contribution in [2.24, 2.45) is 0 Å². The Morgan fingerprint density at radius 2 is 1.22 bits per heavy atom. The van der Waals surface area contributed by atoms with Gasteiger partial charge in [0.1, 0.15) is 0 Å². The second-order valence-electron chi connectivity index (χ2n) is 4.75. The normalized spacial score (nSPS) is 19.7. The zero-order chi connectivity index (χ0) is 13.5. The first-order valence-corrected chi connectivity index (χ1v) is 5.43. The van der Waals surface area contributed by atoms with Crippen LogP contribution in [-0.4, -0.2) is 45.5 Å². The molecule has 0 fully saturated rings. The van der Waals surface area contributed by atoms with Crippen LogP contribution in [0.5, 0.6) is 0 Å². The summed E-state index contributed by atoms with van der Waals surface area (Å²) in [5.41, 5.74) is -0.936. The first kappa shape index (κ1) is 12.2. The van der Waals surface area contributed by atoms with Crippen molar-refractivity contribution in [3.05, 3.63) is 24.3 Å². The SMILES string of the molecule is CC(C)(CN1C(=O)C=CC1=O)N1C(=O)C=CC1=O. The molecule has 0 spiro atoms. The molecule has 0 aromatic heterocycles. The third-order valence-corrected chi connectivity index (χ3v) is 2.86. The summed E-state index contributed by atoms with van der Waals surface area (Å²) in [6, 6.07) is 0. The molecule has 0 saturated heterocycles. The number of nitrogens with zero attached hydrogens (tertiary/aromatic N) is 2. The molecule has 94 valence electrons. The molecule has 18 heavy (non-hydrogen) atoms. The van der Waals surface area contributed by atoms with Crippen LogP contribution < -0.4 is 0 Å². The predicted octanol–water partition coefficient (Wildman–Crippen LogP) is -0.385. The Balaban J connectivity index is 2.17. The number of imide groups is 2. The number of carbonyl (C=O) groups is 4. The minimum absolute atomic E-state index is 0.0170. The molecule has 0 aliphatic carbocycles. The highest BCUT2D eigenvalue weighted by Crippen LogP contribution is 2.22. The van der Waals surface area contributed by atoms with Crippen molar-refractivity contribution in [2.75, 3.05) is 6.54 Å². The highest BCUT2D eigenvalue weighted by atomic mass is 16.2. The Bertz CT molecular complexity index is 480. The zero-order valence-corrected chi connectivity index (χ0v) is 10.0. The van der Waals surface area contributed by atoms with Crippen LogP contribution in [0.25, 0.3) is 0 Å². The third kappa shape index (κ3) is 1.85. The monoisotopic (exact) mass is 248 g/mol. The first-order valence-electron chi connectivity index (χ1n) is 5.43. The lowest BCUT2D eigenvalue weighted by atomic mass is 10.0. The third-order valence-electron chi connectivity index (χ3n) is 2.86. The van der Waals surface area contributed by atoms with Crippen molar-refractivity contribution in [1.82, 2.24) is 9.80 Å². The van der Waals surface area contributed by atoms with Crippen LogP contribution in [0.2, 0.25) is 0 Å². The van der Waals surface area contributed by atoms with Gasteiger partial charge in [-0.1, -0.05) is 0 Å². The Hall–Kier alpha value is -2.24. The van der Waals surface area contributed by atoms with Gasteiger partial charge in [0, 0.05) is 24.3 Å². The van der Waals surface area contributed by atoms with E-state index in [0.29, 0.717) is 0 Å². The first-order chi connectivity index (χ1) is 8.33. The van der Waals surface area contributed by atoms with Gasteiger partial charge in [0.15, 0.2) is 0 Å². The van der Waals surface area contributed by atoms with E-state index in [9.17, 15) is 19.2 Å². The van der Waals surface area contributed by atoms with Gasteiger partial charge in [-0.25, -0.2) is 0 Å². The summed E-state index contributed by atoms with van der Waals surface area (Å²) in [5, 5.41) is 0. The zero-order valence-electron chi connectivity index (χ0n) is 10.0. The average Bonchev–Trinajstić information content (AvgIpc) is 2.76. The molecule has 0 radical (unpaired) electrons. The van der Waals surface area contributed by atoms with Crippen LogP contribution >= 0.6 is 0 Å². The highest BCUT2D eigenvalue weighted by molar-refractivity contribution is 6.14. The van der Waals surface area contributed by atoms with Gasteiger partial charge in [0.2, 0.25) is 0 Å². The Morgan fingerprint density at radius 1 is 0.833 bits per heavy atom. The van der Waals surface area contributed by atoms with E-state index < -0.39 is 29.2 Å². The number of rotatable bonds is 3. The van der Waals surface area contributed by atoms with Crippen molar-refractivity contribution in [2.45, 2.75) is 19.4 Å². The second kappa shape index (κ2) is 3.90. The predicted molar refractivity (Wildman–Crippen MR) is 60.9 cm³/mol. The lowest BCUT2D eigenvalue weighted by Gasteiger charge is -2.36. The molecule has 4 amide bonds. The molecule has 2 rings (SSSR count). The second-order valence-corrected chi connectivity index (χ2v) is 4.75. The van der Waals surface area contributed by atoms with E-state index in [1.165, 1.54) is 24.3 Å². The van der Waals surface area contributed by atoms with E-state index in [4.69, 9.17) is 0 Å². The van der Waals surface area contributed by atoms with Crippen molar-refractivity contribution >= 4 is 23.6 Å². The number of hydrogen-bond donors (Lipinski definition) is 0. The lowest BCUT2D eigenvalue weighted by Crippen LogP contribution is -2.55. The molecule has 2 heterocycles. The summed E-state index contributed by atoms with van der Waals surface area (Å²) in [6.45, 7) is 3.25. The maximum Gasteiger partial charge on any atom is 0.254 e. The molecule has 0 aromatic carbocycles. The van der Waals surface area contributed by atoms with Gasteiger partial charge < -0.3 is 0 Å². The Kier molecular flexibility index (Phi) is 2.65. The summed E-state index contributed by atoms with van der Waals surface area (Å²) in [7, 11) is 0. The molecule has 6 nitrogen and oxygen atoms in total. The van der Waals surface area contributed by atoms with Gasteiger partial charge in [0.25, 0.3) is 23.6 Å². The molecular formula is C12H12N2O4.